The molecule has 2 heterocycles. The van der Waals surface area contributed by atoms with E-state index in [-0.39, 0.29) is 24.4 Å². The van der Waals surface area contributed by atoms with E-state index in [1.165, 1.54) is 0 Å². The summed E-state index contributed by atoms with van der Waals surface area (Å²) in [5.74, 6) is 0.589. The number of nitrogens with one attached hydrogen (secondary N) is 1. The zero-order valence-electron chi connectivity index (χ0n) is 16.3. The quantitative estimate of drug-likeness (QED) is 0.774. The second kappa shape index (κ2) is 7.75. The van der Waals surface area contributed by atoms with Crippen LogP contribution in [-0.2, 0) is 9.59 Å². The molecule has 2 unspecified atom stereocenters. The van der Waals surface area contributed by atoms with Crippen molar-refractivity contribution >= 4 is 17.8 Å². The summed E-state index contributed by atoms with van der Waals surface area (Å²) < 4.78 is 0. The first-order valence-electron chi connectivity index (χ1n) is 9.69. The summed E-state index contributed by atoms with van der Waals surface area (Å²) in [7, 11) is 0. The Morgan fingerprint density at radius 3 is 2.36 bits per heavy atom. The fourth-order valence-corrected chi connectivity index (χ4v) is 4.06. The molecule has 2 saturated heterocycles. The minimum absolute atomic E-state index is 0.112. The average molecular weight is 351 g/mol. The molecule has 4 amide bonds. The van der Waals surface area contributed by atoms with Crippen LogP contribution in [0.1, 0.15) is 66.7 Å². The molecule has 0 spiro atoms. The van der Waals surface area contributed by atoms with Crippen LogP contribution >= 0.6 is 0 Å². The number of imide groups is 1. The van der Waals surface area contributed by atoms with E-state index in [1.807, 2.05) is 18.7 Å². The van der Waals surface area contributed by atoms with Gasteiger partial charge >= 0.3 is 6.03 Å². The van der Waals surface area contributed by atoms with Crippen molar-refractivity contribution in [2.45, 2.75) is 78.3 Å². The van der Waals surface area contributed by atoms with Crippen molar-refractivity contribution in [1.82, 2.24) is 15.1 Å². The van der Waals surface area contributed by atoms with E-state index in [2.05, 4.69) is 26.1 Å². The summed E-state index contributed by atoms with van der Waals surface area (Å²) in [4.78, 5) is 41.0. The van der Waals surface area contributed by atoms with Crippen molar-refractivity contribution in [3.8, 4) is 0 Å². The number of nitrogens with zero attached hydrogens (tertiary/aromatic N) is 2. The van der Waals surface area contributed by atoms with Crippen LogP contribution in [0.2, 0.25) is 0 Å². The van der Waals surface area contributed by atoms with Crippen molar-refractivity contribution < 1.29 is 14.4 Å². The van der Waals surface area contributed by atoms with Gasteiger partial charge in [-0.25, -0.2) is 4.79 Å². The highest BCUT2D eigenvalue weighted by Gasteiger charge is 2.49. The number of carbonyl (C=O) groups is 3. The maximum absolute atomic E-state index is 13.0. The Bertz CT molecular complexity index is 528. The molecule has 1 N–H and O–H groups in total. The molecule has 142 valence electrons. The Kier molecular flexibility index (Phi) is 6.12. The lowest BCUT2D eigenvalue weighted by molar-refractivity contribution is -0.141. The van der Waals surface area contributed by atoms with Crippen LogP contribution in [0.25, 0.3) is 0 Å². The number of urea groups is 1. The number of hydrogen-bond donors (Lipinski definition) is 1. The summed E-state index contributed by atoms with van der Waals surface area (Å²) in [5, 5.41) is 2.79. The Hall–Kier alpha value is -1.59. The van der Waals surface area contributed by atoms with Gasteiger partial charge in [0.2, 0.25) is 5.91 Å². The normalized spacial score (nSPS) is 26.8. The molecule has 0 radical (unpaired) electrons. The van der Waals surface area contributed by atoms with Gasteiger partial charge in [-0.2, -0.15) is 0 Å². The third kappa shape index (κ3) is 3.82. The predicted octanol–water partition coefficient (Wildman–Crippen LogP) is 2.77. The van der Waals surface area contributed by atoms with E-state index in [9.17, 15) is 14.4 Å². The van der Waals surface area contributed by atoms with E-state index in [0.29, 0.717) is 31.2 Å². The second-order valence-corrected chi connectivity index (χ2v) is 7.98. The lowest BCUT2D eigenvalue weighted by atomic mass is 9.93. The highest BCUT2D eigenvalue weighted by Crippen LogP contribution is 2.28. The zero-order valence-corrected chi connectivity index (χ0v) is 16.3. The van der Waals surface area contributed by atoms with E-state index < -0.39 is 11.6 Å². The molecule has 6 heteroatoms. The first-order chi connectivity index (χ1) is 11.8. The van der Waals surface area contributed by atoms with Gasteiger partial charge in [-0.05, 0) is 43.9 Å². The average Bonchev–Trinajstić information content (AvgIpc) is 2.72. The molecule has 0 aliphatic carbocycles. The molecule has 2 aliphatic rings. The fourth-order valence-electron chi connectivity index (χ4n) is 4.06. The number of hydrogen-bond acceptors (Lipinski definition) is 3. The summed E-state index contributed by atoms with van der Waals surface area (Å²) >= 11 is 0. The monoisotopic (exact) mass is 351 g/mol. The van der Waals surface area contributed by atoms with E-state index in [1.54, 1.807) is 0 Å². The smallest absolute Gasteiger partial charge is 0.325 e. The summed E-state index contributed by atoms with van der Waals surface area (Å²) in [5.41, 5.74) is -0.845. The second-order valence-electron chi connectivity index (χ2n) is 7.98. The lowest BCUT2D eigenvalue weighted by Gasteiger charge is -2.34. The number of amides is 4. The molecule has 25 heavy (non-hydrogen) atoms. The Balaban J connectivity index is 2.14. The number of rotatable bonds is 5. The lowest BCUT2D eigenvalue weighted by Crippen LogP contribution is -2.49. The molecule has 0 aromatic heterocycles. The largest absolute Gasteiger partial charge is 0.338 e. The highest BCUT2D eigenvalue weighted by atomic mass is 16.2. The van der Waals surface area contributed by atoms with Crippen LogP contribution < -0.4 is 5.32 Å². The van der Waals surface area contributed by atoms with Gasteiger partial charge in [0.1, 0.15) is 12.1 Å². The first kappa shape index (κ1) is 19.7. The van der Waals surface area contributed by atoms with Gasteiger partial charge in [0.05, 0.1) is 0 Å². The molecular formula is C19H33N3O3. The van der Waals surface area contributed by atoms with Crippen molar-refractivity contribution in [1.29, 1.82) is 0 Å². The first-order valence-corrected chi connectivity index (χ1v) is 9.69. The molecule has 2 atom stereocenters. The molecule has 6 nitrogen and oxygen atoms in total. The van der Waals surface area contributed by atoms with Crippen LogP contribution in [0, 0.1) is 11.8 Å². The molecule has 0 aromatic rings. The van der Waals surface area contributed by atoms with Crippen molar-refractivity contribution in [2.75, 3.05) is 13.1 Å². The third-order valence-electron chi connectivity index (χ3n) is 6.05. The number of carbonyl (C=O) groups excluding carboxylic acids is 3. The van der Waals surface area contributed by atoms with Crippen molar-refractivity contribution in [2.24, 2.45) is 11.8 Å². The van der Waals surface area contributed by atoms with Crippen LogP contribution in [-0.4, -0.2) is 52.3 Å². The van der Waals surface area contributed by atoms with Gasteiger partial charge in [0.25, 0.3) is 5.91 Å². The molecule has 0 aromatic carbocycles. The van der Waals surface area contributed by atoms with Gasteiger partial charge in [0, 0.05) is 12.6 Å². The van der Waals surface area contributed by atoms with Gasteiger partial charge in [0.15, 0.2) is 0 Å². The van der Waals surface area contributed by atoms with Gasteiger partial charge in [-0.3, -0.25) is 14.5 Å². The SMILES string of the molecule is CCC1(CC)NC(=O)N(CC(=O)N2CCC(C)CCC2C(C)C)C1=O. The Labute approximate surface area is 151 Å². The van der Waals surface area contributed by atoms with Crippen LogP contribution in [0.3, 0.4) is 0 Å². The van der Waals surface area contributed by atoms with Crippen LogP contribution in [0.5, 0.6) is 0 Å². The van der Waals surface area contributed by atoms with E-state index in [4.69, 9.17) is 0 Å². The van der Waals surface area contributed by atoms with Crippen molar-refractivity contribution in [3.05, 3.63) is 0 Å². The molecule has 0 bridgehead atoms. The summed E-state index contributed by atoms with van der Waals surface area (Å²) in [6.45, 7) is 10.8. The standard InChI is InChI=1S/C19H33N3O3/c1-6-19(7-2)17(24)22(18(25)20-19)12-16(23)21-11-10-14(5)8-9-15(21)13(3)4/h13-15H,6-12H2,1-5H3,(H,20,25). The molecule has 2 rings (SSSR count). The molecular weight excluding hydrogens is 318 g/mol. The molecule has 0 saturated carbocycles. The minimum atomic E-state index is -0.845. The van der Waals surface area contributed by atoms with Crippen LogP contribution in [0.15, 0.2) is 0 Å². The fraction of sp³-hybridized carbons (Fsp3) is 0.842. The van der Waals surface area contributed by atoms with Gasteiger partial charge in [-0.15, -0.1) is 0 Å². The Morgan fingerprint density at radius 1 is 1.20 bits per heavy atom. The maximum Gasteiger partial charge on any atom is 0.325 e. The maximum atomic E-state index is 13.0. The predicted molar refractivity (Wildman–Crippen MR) is 96.9 cm³/mol. The van der Waals surface area contributed by atoms with Crippen molar-refractivity contribution in [3.63, 3.8) is 0 Å². The summed E-state index contributed by atoms with van der Waals surface area (Å²) in [6.07, 6.45) is 4.15. The highest BCUT2D eigenvalue weighted by molar-refractivity contribution is 6.09. The van der Waals surface area contributed by atoms with E-state index >= 15 is 0 Å². The third-order valence-corrected chi connectivity index (χ3v) is 6.05. The van der Waals surface area contributed by atoms with Gasteiger partial charge < -0.3 is 10.2 Å². The molecule has 2 fully saturated rings. The number of likely N-dealkylation sites (tertiary alicyclic amines) is 1. The zero-order chi connectivity index (χ0) is 18.8. The van der Waals surface area contributed by atoms with E-state index in [0.717, 1.165) is 24.2 Å². The topological polar surface area (TPSA) is 69.7 Å². The van der Waals surface area contributed by atoms with Gasteiger partial charge in [-0.1, -0.05) is 34.6 Å². The van der Waals surface area contributed by atoms with Crippen LogP contribution in [0.4, 0.5) is 4.79 Å². The summed E-state index contributed by atoms with van der Waals surface area (Å²) in [6, 6.07) is -0.258. The molecule has 2 aliphatic heterocycles. The minimum Gasteiger partial charge on any atom is -0.338 e. The Morgan fingerprint density at radius 2 is 1.84 bits per heavy atom.